The average Bonchev–Trinajstić information content (AvgIpc) is 3.21. The second-order valence-corrected chi connectivity index (χ2v) is 7.44. The maximum absolute atomic E-state index is 12.9. The molecule has 0 radical (unpaired) electrons. The van der Waals surface area contributed by atoms with Crippen molar-refractivity contribution in [2.45, 2.75) is 40.3 Å². The minimum atomic E-state index is -0.308. The molecule has 0 spiro atoms. The lowest BCUT2D eigenvalue weighted by atomic mass is 10.1. The van der Waals surface area contributed by atoms with Crippen molar-refractivity contribution in [3.05, 3.63) is 88.3 Å². The Morgan fingerprint density at radius 1 is 1.00 bits per heavy atom. The Balaban J connectivity index is 1.62. The fourth-order valence-corrected chi connectivity index (χ4v) is 3.06. The SMILES string of the molecule is CCCN(Cc1cc(C(=O)NCc2ccc(C)cc2)no1)C(=O)c1ccc(C)cc1. The van der Waals surface area contributed by atoms with Crippen LogP contribution in [-0.4, -0.2) is 28.4 Å². The van der Waals surface area contributed by atoms with E-state index in [4.69, 9.17) is 4.52 Å². The molecule has 0 fully saturated rings. The monoisotopic (exact) mass is 405 g/mol. The summed E-state index contributed by atoms with van der Waals surface area (Å²) in [4.78, 5) is 26.9. The molecule has 6 nitrogen and oxygen atoms in total. The summed E-state index contributed by atoms with van der Waals surface area (Å²) in [7, 11) is 0. The third-order valence-corrected chi connectivity index (χ3v) is 4.79. The van der Waals surface area contributed by atoms with Gasteiger partial charge in [-0.2, -0.15) is 0 Å². The Labute approximate surface area is 176 Å². The number of hydrogen-bond donors (Lipinski definition) is 1. The topological polar surface area (TPSA) is 75.4 Å². The molecule has 1 N–H and O–H groups in total. The first-order valence-corrected chi connectivity index (χ1v) is 10.1. The molecule has 1 heterocycles. The van der Waals surface area contributed by atoms with Crippen molar-refractivity contribution in [3.63, 3.8) is 0 Å². The first-order chi connectivity index (χ1) is 14.5. The van der Waals surface area contributed by atoms with E-state index in [9.17, 15) is 9.59 Å². The number of benzene rings is 2. The minimum Gasteiger partial charge on any atom is -0.359 e. The molecule has 156 valence electrons. The smallest absolute Gasteiger partial charge is 0.273 e. The second-order valence-electron chi connectivity index (χ2n) is 7.44. The summed E-state index contributed by atoms with van der Waals surface area (Å²) < 4.78 is 5.33. The number of rotatable bonds is 8. The summed E-state index contributed by atoms with van der Waals surface area (Å²) in [6, 6.07) is 17.0. The van der Waals surface area contributed by atoms with Crippen molar-refractivity contribution in [1.29, 1.82) is 0 Å². The molecule has 0 saturated carbocycles. The Morgan fingerprint density at radius 2 is 1.63 bits per heavy atom. The number of nitrogens with zero attached hydrogens (tertiary/aromatic N) is 2. The van der Waals surface area contributed by atoms with Crippen molar-refractivity contribution in [1.82, 2.24) is 15.4 Å². The van der Waals surface area contributed by atoms with E-state index in [0.717, 1.165) is 17.5 Å². The van der Waals surface area contributed by atoms with Crippen molar-refractivity contribution >= 4 is 11.8 Å². The van der Waals surface area contributed by atoms with Crippen LogP contribution in [0.3, 0.4) is 0 Å². The summed E-state index contributed by atoms with van der Waals surface area (Å²) in [5.41, 5.74) is 4.12. The number of amides is 2. The molecule has 3 aromatic rings. The van der Waals surface area contributed by atoms with Gasteiger partial charge in [0.15, 0.2) is 11.5 Å². The molecule has 0 bridgehead atoms. The van der Waals surface area contributed by atoms with Crippen molar-refractivity contribution in [3.8, 4) is 0 Å². The zero-order chi connectivity index (χ0) is 21.5. The lowest BCUT2D eigenvalue weighted by Crippen LogP contribution is -2.31. The van der Waals surface area contributed by atoms with Crippen LogP contribution in [0.2, 0.25) is 0 Å². The van der Waals surface area contributed by atoms with Crippen molar-refractivity contribution in [2.75, 3.05) is 6.54 Å². The van der Waals surface area contributed by atoms with Crippen LogP contribution in [0.5, 0.6) is 0 Å². The Hall–Kier alpha value is -3.41. The maximum Gasteiger partial charge on any atom is 0.273 e. The van der Waals surface area contributed by atoms with E-state index in [0.29, 0.717) is 24.4 Å². The van der Waals surface area contributed by atoms with E-state index in [2.05, 4.69) is 10.5 Å². The molecule has 2 aromatic carbocycles. The molecule has 0 aliphatic carbocycles. The molecule has 0 atom stereocenters. The maximum atomic E-state index is 12.9. The second kappa shape index (κ2) is 9.87. The predicted octanol–water partition coefficient (Wildman–Crippen LogP) is 4.27. The molecule has 30 heavy (non-hydrogen) atoms. The van der Waals surface area contributed by atoms with Gasteiger partial charge >= 0.3 is 0 Å². The van der Waals surface area contributed by atoms with Crippen LogP contribution in [0.25, 0.3) is 0 Å². The van der Waals surface area contributed by atoms with Crippen LogP contribution in [0.15, 0.2) is 59.1 Å². The third-order valence-electron chi connectivity index (χ3n) is 4.79. The molecule has 0 aliphatic rings. The Kier molecular flexibility index (Phi) is 7.01. The number of aromatic nitrogens is 1. The number of aryl methyl sites for hydroxylation is 2. The molecular weight excluding hydrogens is 378 g/mol. The van der Waals surface area contributed by atoms with E-state index in [1.807, 2.05) is 69.3 Å². The first kappa shape index (κ1) is 21.3. The lowest BCUT2D eigenvalue weighted by molar-refractivity contribution is 0.0727. The molecule has 1 aromatic heterocycles. The Bertz CT molecular complexity index is 991. The van der Waals surface area contributed by atoms with Gasteiger partial charge in [-0.3, -0.25) is 9.59 Å². The highest BCUT2D eigenvalue weighted by Crippen LogP contribution is 2.13. The van der Waals surface area contributed by atoms with Gasteiger partial charge in [0.25, 0.3) is 11.8 Å². The quantitative estimate of drug-likeness (QED) is 0.607. The first-order valence-electron chi connectivity index (χ1n) is 10.1. The van der Waals surface area contributed by atoms with Gasteiger partial charge in [0.1, 0.15) is 0 Å². The molecule has 0 aliphatic heterocycles. The minimum absolute atomic E-state index is 0.0707. The van der Waals surface area contributed by atoms with E-state index in [1.54, 1.807) is 11.0 Å². The van der Waals surface area contributed by atoms with Crippen LogP contribution >= 0.6 is 0 Å². The molecule has 0 unspecified atom stereocenters. The van der Waals surface area contributed by atoms with Gasteiger partial charge in [-0.05, 0) is 38.0 Å². The standard InChI is InChI=1S/C24H27N3O3/c1-4-13-27(24(29)20-11-7-18(3)8-12-20)16-21-14-22(26-30-21)23(28)25-15-19-9-5-17(2)6-10-19/h5-12,14H,4,13,15-16H2,1-3H3,(H,25,28). The fourth-order valence-electron chi connectivity index (χ4n) is 3.06. The zero-order valence-electron chi connectivity index (χ0n) is 17.6. The summed E-state index contributed by atoms with van der Waals surface area (Å²) in [5.74, 6) is 0.0977. The van der Waals surface area contributed by atoms with Gasteiger partial charge in [-0.15, -0.1) is 0 Å². The molecule has 6 heteroatoms. The normalized spacial score (nSPS) is 10.6. The summed E-state index contributed by atoms with van der Waals surface area (Å²) in [6.45, 7) is 7.28. The molecule has 0 saturated heterocycles. The number of hydrogen-bond acceptors (Lipinski definition) is 4. The van der Waals surface area contributed by atoms with Gasteiger partial charge < -0.3 is 14.7 Å². The van der Waals surface area contributed by atoms with Crippen molar-refractivity contribution in [2.24, 2.45) is 0 Å². The molecular formula is C24H27N3O3. The fraction of sp³-hybridized carbons (Fsp3) is 0.292. The van der Waals surface area contributed by atoms with Gasteiger partial charge in [0.2, 0.25) is 0 Å². The highest BCUT2D eigenvalue weighted by Gasteiger charge is 2.19. The zero-order valence-corrected chi connectivity index (χ0v) is 17.6. The average molecular weight is 405 g/mol. The highest BCUT2D eigenvalue weighted by molar-refractivity contribution is 5.94. The summed E-state index contributed by atoms with van der Waals surface area (Å²) in [6.07, 6.45) is 0.815. The van der Waals surface area contributed by atoms with Crippen LogP contribution < -0.4 is 5.32 Å². The largest absolute Gasteiger partial charge is 0.359 e. The third kappa shape index (κ3) is 5.56. The van der Waals surface area contributed by atoms with E-state index < -0.39 is 0 Å². The lowest BCUT2D eigenvalue weighted by Gasteiger charge is -2.20. The van der Waals surface area contributed by atoms with Crippen LogP contribution in [0.4, 0.5) is 0 Å². The van der Waals surface area contributed by atoms with E-state index in [-0.39, 0.29) is 24.1 Å². The Morgan fingerprint density at radius 3 is 2.27 bits per heavy atom. The number of carbonyl (C=O) groups is 2. The van der Waals surface area contributed by atoms with Gasteiger partial charge in [-0.1, -0.05) is 59.6 Å². The highest BCUT2D eigenvalue weighted by atomic mass is 16.5. The van der Waals surface area contributed by atoms with E-state index in [1.165, 1.54) is 5.56 Å². The van der Waals surface area contributed by atoms with Crippen LogP contribution in [0.1, 0.15) is 56.6 Å². The van der Waals surface area contributed by atoms with Gasteiger partial charge in [0, 0.05) is 24.7 Å². The molecule has 2 amide bonds. The summed E-state index contributed by atoms with van der Waals surface area (Å²) in [5, 5.41) is 6.71. The molecule has 3 rings (SSSR count). The van der Waals surface area contributed by atoms with Gasteiger partial charge in [-0.25, -0.2) is 0 Å². The predicted molar refractivity (Wildman–Crippen MR) is 115 cm³/mol. The summed E-state index contributed by atoms with van der Waals surface area (Å²) >= 11 is 0. The van der Waals surface area contributed by atoms with E-state index >= 15 is 0 Å². The van der Waals surface area contributed by atoms with Crippen LogP contribution in [0, 0.1) is 13.8 Å². The van der Waals surface area contributed by atoms with Crippen molar-refractivity contribution < 1.29 is 14.1 Å². The number of carbonyl (C=O) groups excluding carboxylic acids is 2. The van der Waals surface area contributed by atoms with Crippen LogP contribution in [-0.2, 0) is 13.1 Å². The van der Waals surface area contributed by atoms with Gasteiger partial charge in [0.05, 0.1) is 6.54 Å². The number of nitrogens with one attached hydrogen (secondary N) is 1.